The lowest BCUT2D eigenvalue weighted by atomic mass is 10.2. The number of nitrogens with one attached hydrogen (secondary N) is 1. The Morgan fingerprint density at radius 3 is 2.62 bits per heavy atom. The summed E-state index contributed by atoms with van der Waals surface area (Å²) in [4.78, 5) is 4.20. The van der Waals surface area contributed by atoms with E-state index >= 15 is 0 Å². The quantitative estimate of drug-likeness (QED) is 0.790. The summed E-state index contributed by atoms with van der Waals surface area (Å²) in [5.74, 6) is 0. The van der Waals surface area contributed by atoms with Crippen LogP contribution in [0.5, 0.6) is 0 Å². The van der Waals surface area contributed by atoms with Gasteiger partial charge in [0.15, 0.2) is 0 Å². The van der Waals surface area contributed by atoms with E-state index in [9.17, 15) is 8.42 Å². The number of sulfonamides is 1. The highest BCUT2D eigenvalue weighted by Crippen LogP contribution is 2.11. The second-order valence-corrected chi connectivity index (χ2v) is 6.68. The molecule has 1 unspecified atom stereocenters. The average Bonchev–Trinajstić information content (AvgIpc) is 2.92. The van der Waals surface area contributed by atoms with Crippen LogP contribution >= 0.6 is 0 Å². The molecule has 3 N–H and O–H groups in total. The zero-order valence-corrected chi connectivity index (χ0v) is 12.8. The van der Waals surface area contributed by atoms with Crippen LogP contribution in [0, 0.1) is 0 Å². The predicted molar refractivity (Wildman–Crippen MR) is 81.2 cm³/mol. The number of hydrogen-bond donors (Lipinski definition) is 2. The molecule has 0 fully saturated rings. The van der Waals surface area contributed by atoms with Gasteiger partial charge in [-0.05, 0) is 37.6 Å². The van der Waals surface area contributed by atoms with E-state index < -0.39 is 10.0 Å². The van der Waals surface area contributed by atoms with E-state index in [4.69, 9.17) is 5.73 Å². The molecule has 0 spiro atoms. The van der Waals surface area contributed by atoms with Gasteiger partial charge < -0.3 is 10.3 Å². The summed E-state index contributed by atoms with van der Waals surface area (Å²) in [7, 11) is -3.51. The molecular weight excluding hydrogens is 288 g/mol. The Hall–Kier alpha value is -1.70. The molecule has 1 atom stereocenters. The lowest BCUT2D eigenvalue weighted by Crippen LogP contribution is -2.35. The van der Waals surface area contributed by atoms with Gasteiger partial charge in [-0.25, -0.2) is 18.1 Å². The van der Waals surface area contributed by atoms with E-state index in [0.29, 0.717) is 13.1 Å². The highest BCUT2D eigenvalue weighted by molar-refractivity contribution is 7.89. The first-order valence-corrected chi connectivity index (χ1v) is 8.26. The van der Waals surface area contributed by atoms with Crippen LogP contribution in [-0.2, 0) is 23.0 Å². The third-order valence-electron chi connectivity index (χ3n) is 3.07. The fourth-order valence-corrected chi connectivity index (χ4v) is 3.32. The van der Waals surface area contributed by atoms with E-state index in [-0.39, 0.29) is 10.9 Å². The topological polar surface area (TPSA) is 90.0 Å². The van der Waals surface area contributed by atoms with Crippen molar-refractivity contribution in [2.24, 2.45) is 5.73 Å². The molecule has 1 aromatic carbocycles. The summed E-state index contributed by atoms with van der Waals surface area (Å²) in [6.07, 6.45) is 5.86. The SMILES string of the molecule is CC(Cn1ccnc1)NS(=O)(=O)c1ccc(CCN)cc1. The Balaban J connectivity index is 2.03. The van der Waals surface area contributed by atoms with Crippen LogP contribution in [0.1, 0.15) is 12.5 Å². The Bertz CT molecular complexity index is 651. The van der Waals surface area contributed by atoms with Gasteiger partial charge in [0, 0.05) is 25.0 Å². The van der Waals surface area contributed by atoms with Crippen LogP contribution in [0.2, 0.25) is 0 Å². The van der Waals surface area contributed by atoms with Gasteiger partial charge in [-0.15, -0.1) is 0 Å². The third-order valence-corrected chi connectivity index (χ3v) is 4.67. The minimum atomic E-state index is -3.51. The van der Waals surface area contributed by atoms with E-state index in [2.05, 4.69) is 9.71 Å². The third kappa shape index (κ3) is 4.38. The van der Waals surface area contributed by atoms with Crippen LogP contribution in [0.15, 0.2) is 47.9 Å². The Labute approximate surface area is 125 Å². The maximum Gasteiger partial charge on any atom is 0.240 e. The van der Waals surface area contributed by atoms with Crippen LogP contribution in [0.3, 0.4) is 0 Å². The summed E-state index contributed by atoms with van der Waals surface area (Å²) >= 11 is 0. The van der Waals surface area contributed by atoms with Gasteiger partial charge in [0.25, 0.3) is 0 Å². The van der Waals surface area contributed by atoms with Crippen molar-refractivity contribution in [3.8, 4) is 0 Å². The molecule has 2 aromatic rings. The van der Waals surface area contributed by atoms with Crippen LogP contribution in [-0.4, -0.2) is 30.6 Å². The molecule has 0 bridgehead atoms. The summed E-state index contributed by atoms with van der Waals surface area (Å²) < 4.78 is 29.1. The fourth-order valence-electron chi connectivity index (χ4n) is 2.08. The largest absolute Gasteiger partial charge is 0.336 e. The minimum absolute atomic E-state index is 0.229. The number of benzene rings is 1. The molecule has 0 saturated carbocycles. The molecule has 0 aliphatic rings. The summed E-state index contributed by atoms with van der Waals surface area (Å²) in [5, 5.41) is 0. The van der Waals surface area contributed by atoms with Crippen LogP contribution in [0.4, 0.5) is 0 Å². The van der Waals surface area contributed by atoms with E-state index in [1.807, 2.05) is 11.5 Å². The number of hydrogen-bond acceptors (Lipinski definition) is 4. The molecule has 0 amide bonds. The van der Waals surface area contributed by atoms with Crippen molar-refractivity contribution < 1.29 is 8.42 Å². The highest BCUT2D eigenvalue weighted by atomic mass is 32.2. The summed E-state index contributed by atoms with van der Waals surface area (Å²) in [5.41, 5.74) is 6.51. The number of aromatic nitrogens is 2. The molecule has 1 aromatic heterocycles. The maximum atomic E-state index is 12.3. The molecule has 0 radical (unpaired) electrons. The van der Waals surface area contributed by atoms with Crippen molar-refractivity contribution in [3.05, 3.63) is 48.5 Å². The molecule has 114 valence electrons. The Kier molecular flexibility index (Phi) is 5.11. The van der Waals surface area contributed by atoms with Crippen molar-refractivity contribution in [1.82, 2.24) is 14.3 Å². The molecule has 6 nitrogen and oxygen atoms in total. The van der Waals surface area contributed by atoms with Crippen LogP contribution < -0.4 is 10.5 Å². The maximum absolute atomic E-state index is 12.3. The van der Waals surface area contributed by atoms with E-state index in [1.54, 1.807) is 43.0 Å². The number of nitrogens with two attached hydrogens (primary N) is 1. The van der Waals surface area contributed by atoms with Gasteiger partial charge in [-0.1, -0.05) is 12.1 Å². The van der Waals surface area contributed by atoms with Gasteiger partial charge in [-0.2, -0.15) is 0 Å². The molecule has 0 aliphatic carbocycles. The van der Waals surface area contributed by atoms with Gasteiger partial charge in [0.05, 0.1) is 11.2 Å². The standard InChI is InChI=1S/C14H20N4O2S/c1-12(10-18-9-8-16-11-18)17-21(19,20)14-4-2-13(3-5-14)6-7-15/h2-5,8-9,11-12,17H,6-7,10,15H2,1H3. The summed E-state index contributed by atoms with van der Waals surface area (Å²) in [6, 6.07) is 6.58. The lowest BCUT2D eigenvalue weighted by molar-refractivity contribution is 0.520. The zero-order chi connectivity index (χ0) is 15.3. The summed E-state index contributed by atoms with van der Waals surface area (Å²) in [6.45, 7) is 2.90. The molecule has 0 aliphatic heterocycles. The first-order chi connectivity index (χ1) is 10.0. The number of rotatable bonds is 7. The first-order valence-electron chi connectivity index (χ1n) is 6.78. The molecular formula is C14H20N4O2S. The Morgan fingerprint density at radius 2 is 2.05 bits per heavy atom. The lowest BCUT2D eigenvalue weighted by Gasteiger charge is -2.15. The molecule has 7 heteroatoms. The second kappa shape index (κ2) is 6.84. The second-order valence-electron chi connectivity index (χ2n) is 4.96. The van der Waals surface area contributed by atoms with Crippen molar-refractivity contribution in [1.29, 1.82) is 0 Å². The average molecular weight is 308 g/mol. The smallest absolute Gasteiger partial charge is 0.240 e. The number of imidazole rings is 1. The molecule has 0 saturated heterocycles. The van der Waals surface area contributed by atoms with Crippen molar-refractivity contribution >= 4 is 10.0 Å². The predicted octanol–water partition coefficient (Wildman–Crippen LogP) is 0.751. The van der Waals surface area contributed by atoms with Crippen LogP contribution in [0.25, 0.3) is 0 Å². The normalized spacial score (nSPS) is 13.2. The van der Waals surface area contributed by atoms with Gasteiger partial charge in [0.2, 0.25) is 10.0 Å². The van der Waals surface area contributed by atoms with Gasteiger partial charge >= 0.3 is 0 Å². The highest BCUT2D eigenvalue weighted by Gasteiger charge is 2.17. The first kappa shape index (κ1) is 15.7. The monoisotopic (exact) mass is 308 g/mol. The molecule has 21 heavy (non-hydrogen) atoms. The van der Waals surface area contributed by atoms with Gasteiger partial charge in [-0.3, -0.25) is 0 Å². The van der Waals surface area contributed by atoms with Crippen molar-refractivity contribution in [3.63, 3.8) is 0 Å². The fraction of sp³-hybridized carbons (Fsp3) is 0.357. The number of nitrogens with zero attached hydrogens (tertiary/aromatic N) is 2. The van der Waals surface area contributed by atoms with E-state index in [1.165, 1.54) is 0 Å². The zero-order valence-electron chi connectivity index (χ0n) is 11.9. The van der Waals surface area contributed by atoms with Crippen molar-refractivity contribution in [2.45, 2.75) is 30.8 Å². The Morgan fingerprint density at radius 1 is 1.33 bits per heavy atom. The molecule has 2 rings (SSSR count). The van der Waals surface area contributed by atoms with E-state index in [0.717, 1.165) is 12.0 Å². The minimum Gasteiger partial charge on any atom is -0.336 e. The van der Waals surface area contributed by atoms with Crippen molar-refractivity contribution in [2.75, 3.05) is 6.54 Å². The van der Waals surface area contributed by atoms with Gasteiger partial charge in [0.1, 0.15) is 0 Å². The molecule has 1 heterocycles.